The summed E-state index contributed by atoms with van der Waals surface area (Å²) in [6.45, 7) is 0. The molecule has 1 aromatic rings. The minimum atomic E-state index is -4.81. The second-order valence-corrected chi connectivity index (χ2v) is 3.39. The molecule has 104 valence electrons. The number of carbonyl (C=O) groups is 1. The molecule has 0 fully saturated rings. The van der Waals surface area contributed by atoms with Gasteiger partial charge in [-0.1, -0.05) is 11.2 Å². The maximum atomic E-state index is 12.0. The molecule has 1 rings (SSSR count). The van der Waals surface area contributed by atoms with Gasteiger partial charge in [-0.3, -0.25) is 4.79 Å². The van der Waals surface area contributed by atoms with Gasteiger partial charge >= 0.3 is 6.36 Å². The molecule has 19 heavy (non-hydrogen) atoms. The van der Waals surface area contributed by atoms with E-state index >= 15 is 0 Å². The van der Waals surface area contributed by atoms with E-state index in [0.29, 0.717) is 0 Å². The molecule has 0 aliphatic heterocycles. The third-order valence-electron chi connectivity index (χ3n) is 1.82. The van der Waals surface area contributed by atoms with Gasteiger partial charge in [0, 0.05) is 11.8 Å². The first-order valence-corrected chi connectivity index (χ1v) is 4.92. The van der Waals surface area contributed by atoms with E-state index < -0.39 is 18.0 Å². The zero-order valence-electron chi connectivity index (χ0n) is 9.44. The first kappa shape index (κ1) is 14.6. The largest absolute Gasteiger partial charge is 0.573 e. The van der Waals surface area contributed by atoms with Crippen molar-refractivity contribution in [3.63, 3.8) is 0 Å². The molecule has 6 nitrogen and oxygen atoms in total. The summed E-state index contributed by atoms with van der Waals surface area (Å²) < 4.78 is 39.6. The average molecular weight is 277 g/mol. The molecule has 4 N–H and O–H groups in total. The minimum Gasteiger partial charge on any atom is -0.409 e. The van der Waals surface area contributed by atoms with Crippen LogP contribution in [0, 0.1) is 0 Å². The first-order chi connectivity index (χ1) is 8.80. The molecular weight excluding hydrogens is 267 g/mol. The van der Waals surface area contributed by atoms with Gasteiger partial charge in [0.05, 0.1) is 6.42 Å². The maximum Gasteiger partial charge on any atom is 0.573 e. The van der Waals surface area contributed by atoms with Gasteiger partial charge < -0.3 is 21.0 Å². The van der Waals surface area contributed by atoms with Crippen LogP contribution in [0.2, 0.25) is 0 Å². The Labute approximate surface area is 105 Å². The zero-order chi connectivity index (χ0) is 14.5. The lowest BCUT2D eigenvalue weighted by Gasteiger charge is -2.10. The molecule has 0 radical (unpaired) electrons. The van der Waals surface area contributed by atoms with E-state index in [2.05, 4.69) is 15.2 Å². The molecule has 0 unspecified atom stereocenters. The van der Waals surface area contributed by atoms with E-state index in [1.165, 1.54) is 12.1 Å². The van der Waals surface area contributed by atoms with E-state index in [0.717, 1.165) is 12.1 Å². The molecule has 0 saturated heterocycles. The van der Waals surface area contributed by atoms with E-state index in [1.54, 1.807) is 0 Å². The molecule has 0 saturated carbocycles. The highest BCUT2D eigenvalue weighted by molar-refractivity contribution is 6.04. The van der Waals surface area contributed by atoms with Crippen molar-refractivity contribution in [3.05, 3.63) is 24.3 Å². The molecule has 0 bridgehead atoms. The molecule has 0 aromatic heterocycles. The summed E-state index contributed by atoms with van der Waals surface area (Å²) in [4.78, 5) is 11.3. The van der Waals surface area contributed by atoms with Gasteiger partial charge in [0.1, 0.15) is 11.6 Å². The Morgan fingerprint density at radius 2 is 2.16 bits per heavy atom. The van der Waals surface area contributed by atoms with Gasteiger partial charge in [-0.2, -0.15) is 0 Å². The van der Waals surface area contributed by atoms with E-state index in [-0.39, 0.29) is 17.9 Å². The van der Waals surface area contributed by atoms with Gasteiger partial charge in [0.25, 0.3) is 0 Å². The van der Waals surface area contributed by atoms with Crippen LogP contribution in [0.25, 0.3) is 0 Å². The standard InChI is InChI=1S/C10H10F3N3O3/c11-10(12,13)19-7-3-1-2-6(4-7)15-9(17)5-8(14)16-18/h1-4,18H,5H2,(H2,14,16)(H,15,17). The number of nitrogens with one attached hydrogen (secondary N) is 1. The molecule has 0 aliphatic rings. The number of alkyl halides is 3. The Balaban J connectivity index is 2.69. The Morgan fingerprint density at radius 3 is 2.74 bits per heavy atom. The molecule has 1 amide bonds. The number of halogens is 3. The predicted molar refractivity (Wildman–Crippen MR) is 59.8 cm³/mol. The van der Waals surface area contributed by atoms with Crippen LogP contribution in [0.15, 0.2) is 29.4 Å². The third kappa shape index (κ3) is 5.61. The molecule has 0 atom stereocenters. The summed E-state index contributed by atoms with van der Waals surface area (Å²) in [7, 11) is 0. The van der Waals surface area contributed by atoms with Crippen LogP contribution in [-0.2, 0) is 4.79 Å². The average Bonchev–Trinajstić information content (AvgIpc) is 2.26. The van der Waals surface area contributed by atoms with Crippen LogP contribution in [-0.4, -0.2) is 23.3 Å². The van der Waals surface area contributed by atoms with Gasteiger partial charge in [0.2, 0.25) is 5.91 Å². The lowest BCUT2D eigenvalue weighted by molar-refractivity contribution is -0.274. The highest BCUT2D eigenvalue weighted by Gasteiger charge is 2.31. The zero-order valence-corrected chi connectivity index (χ0v) is 9.44. The van der Waals surface area contributed by atoms with Crippen LogP contribution >= 0.6 is 0 Å². The topological polar surface area (TPSA) is 96.9 Å². The number of benzene rings is 1. The second-order valence-electron chi connectivity index (χ2n) is 3.39. The van der Waals surface area contributed by atoms with Crippen LogP contribution in [0.4, 0.5) is 18.9 Å². The third-order valence-corrected chi connectivity index (χ3v) is 1.82. The fourth-order valence-corrected chi connectivity index (χ4v) is 1.18. The number of amidine groups is 1. The SMILES string of the molecule is N/C(CC(=O)Nc1cccc(OC(F)(F)F)c1)=N\O. The Kier molecular flexibility index (Phi) is 4.56. The second kappa shape index (κ2) is 5.94. The summed E-state index contributed by atoms with van der Waals surface area (Å²) in [6.07, 6.45) is -5.20. The Bertz CT molecular complexity index is 488. The van der Waals surface area contributed by atoms with Gasteiger partial charge in [-0.15, -0.1) is 13.2 Å². The van der Waals surface area contributed by atoms with Crippen molar-refractivity contribution in [2.24, 2.45) is 10.9 Å². The summed E-state index contributed by atoms with van der Waals surface area (Å²) in [6, 6.07) is 4.73. The van der Waals surface area contributed by atoms with Gasteiger partial charge in [0.15, 0.2) is 0 Å². The summed E-state index contributed by atoms with van der Waals surface area (Å²) >= 11 is 0. The fourth-order valence-electron chi connectivity index (χ4n) is 1.18. The number of amides is 1. The summed E-state index contributed by atoms with van der Waals surface area (Å²) in [5.74, 6) is -1.42. The van der Waals surface area contributed by atoms with Crippen molar-refractivity contribution in [2.75, 3.05) is 5.32 Å². The summed E-state index contributed by atoms with van der Waals surface area (Å²) in [5.41, 5.74) is 5.20. The van der Waals surface area contributed by atoms with Crippen molar-refractivity contribution < 1.29 is 27.9 Å². The number of anilines is 1. The van der Waals surface area contributed by atoms with E-state index in [9.17, 15) is 18.0 Å². The summed E-state index contributed by atoms with van der Waals surface area (Å²) in [5, 5.41) is 13.1. The molecule has 1 aromatic carbocycles. The first-order valence-electron chi connectivity index (χ1n) is 4.92. The number of oxime groups is 1. The quantitative estimate of drug-likeness (QED) is 0.337. The van der Waals surface area contributed by atoms with E-state index in [4.69, 9.17) is 10.9 Å². The number of nitrogens with zero attached hydrogens (tertiary/aromatic N) is 1. The number of hydrogen-bond acceptors (Lipinski definition) is 4. The normalized spacial score (nSPS) is 12.1. The highest BCUT2D eigenvalue weighted by atomic mass is 19.4. The van der Waals surface area contributed by atoms with Gasteiger partial charge in [-0.25, -0.2) is 0 Å². The van der Waals surface area contributed by atoms with Crippen molar-refractivity contribution in [3.8, 4) is 5.75 Å². The van der Waals surface area contributed by atoms with Crippen molar-refractivity contribution in [1.29, 1.82) is 0 Å². The number of ether oxygens (including phenoxy) is 1. The number of hydrogen-bond donors (Lipinski definition) is 3. The lowest BCUT2D eigenvalue weighted by Crippen LogP contribution is -2.22. The van der Waals surface area contributed by atoms with E-state index in [1.807, 2.05) is 0 Å². The molecule has 0 spiro atoms. The van der Waals surface area contributed by atoms with Crippen molar-refractivity contribution >= 4 is 17.4 Å². The fraction of sp³-hybridized carbons (Fsp3) is 0.200. The smallest absolute Gasteiger partial charge is 0.409 e. The minimum absolute atomic E-state index is 0.0949. The van der Waals surface area contributed by atoms with Crippen LogP contribution in [0.1, 0.15) is 6.42 Å². The number of nitrogens with two attached hydrogens (primary N) is 1. The molecular formula is C10H10F3N3O3. The lowest BCUT2D eigenvalue weighted by atomic mass is 10.3. The van der Waals surface area contributed by atoms with Crippen molar-refractivity contribution in [1.82, 2.24) is 0 Å². The monoisotopic (exact) mass is 277 g/mol. The molecule has 9 heteroatoms. The van der Waals surface area contributed by atoms with Crippen LogP contribution in [0.3, 0.4) is 0 Å². The maximum absolute atomic E-state index is 12.0. The van der Waals surface area contributed by atoms with Crippen molar-refractivity contribution in [2.45, 2.75) is 12.8 Å². The van der Waals surface area contributed by atoms with Crippen LogP contribution in [0.5, 0.6) is 5.75 Å². The number of rotatable bonds is 4. The molecule has 0 heterocycles. The number of carbonyl (C=O) groups excluding carboxylic acids is 1. The Morgan fingerprint density at radius 1 is 1.47 bits per heavy atom. The molecule has 0 aliphatic carbocycles. The predicted octanol–water partition coefficient (Wildman–Crippen LogP) is 1.66. The Hall–Kier alpha value is -2.45. The van der Waals surface area contributed by atoms with Gasteiger partial charge in [-0.05, 0) is 12.1 Å². The highest BCUT2D eigenvalue weighted by Crippen LogP contribution is 2.24. The van der Waals surface area contributed by atoms with Crippen LogP contribution < -0.4 is 15.8 Å².